The van der Waals surface area contributed by atoms with Crippen LogP contribution in [0.15, 0.2) is 54.6 Å². The van der Waals surface area contributed by atoms with E-state index in [1.165, 1.54) is 35.7 Å². The van der Waals surface area contributed by atoms with Crippen LogP contribution < -0.4 is 10.4 Å². The second-order valence-electron chi connectivity index (χ2n) is 8.36. The van der Waals surface area contributed by atoms with Crippen molar-refractivity contribution in [2.45, 2.75) is 59.0 Å². The largest absolute Gasteiger partial charge is 0.370 e. The Morgan fingerprint density at radius 3 is 2.59 bits per heavy atom. The third-order valence-electron chi connectivity index (χ3n) is 5.99. The zero-order chi connectivity index (χ0) is 23.5. The lowest BCUT2D eigenvalue weighted by molar-refractivity contribution is -0.124. The average molecular weight is 438 g/mol. The van der Waals surface area contributed by atoms with E-state index in [2.05, 4.69) is 67.1 Å². The summed E-state index contributed by atoms with van der Waals surface area (Å²) in [5, 5.41) is 8.73. The third-order valence-corrected chi connectivity index (χ3v) is 5.99. The summed E-state index contributed by atoms with van der Waals surface area (Å²) in [6.07, 6.45) is 5.63. The SMILES string of the molecule is CC.CC(CN1CCCC1C)c1cc(/C=C/C(=O)NO)ccc1N(C)Cc1ccccc1. The molecule has 2 N–H and O–H groups in total. The van der Waals surface area contributed by atoms with Gasteiger partial charge in [-0.1, -0.05) is 57.2 Å². The molecule has 1 amide bonds. The van der Waals surface area contributed by atoms with E-state index in [9.17, 15) is 4.79 Å². The zero-order valence-electron chi connectivity index (χ0n) is 20.2. The number of anilines is 1. The van der Waals surface area contributed by atoms with Crippen LogP contribution in [-0.2, 0) is 11.3 Å². The van der Waals surface area contributed by atoms with Gasteiger partial charge >= 0.3 is 0 Å². The van der Waals surface area contributed by atoms with Gasteiger partial charge in [0.2, 0.25) is 0 Å². The molecule has 0 bridgehead atoms. The van der Waals surface area contributed by atoms with Crippen molar-refractivity contribution in [2.75, 3.05) is 25.0 Å². The van der Waals surface area contributed by atoms with E-state index in [1.807, 2.05) is 26.0 Å². The second kappa shape index (κ2) is 13.0. The summed E-state index contributed by atoms with van der Waals surface area (Å²) >= 11 is 0. The maximum atomic E-state index is 11.4. The van der Waals surface area contributed by atoms with Gasteiger partial charge in [0.15, 0.2) is 0 Å². The minimum atomic E-state index is -0.527. The first-order valence-corrected chi connectivity index (χ1v) is 11.7. The van der Waals surface area contributed by atoms with Crippen molar-refractivity contribution in [3.05, 3.63) is 71.3 Å². The van der Waals surface area contributed by atoms with E-state index in [4.69, 9.17) is 5.21 Å². The Labute approximate surface area is 193 Å². The first kappa shape index (κ1) is 25.6. The van der Waals surface area contributed by atoms with Crippen LogP contribution in [0.25, 0.3) is 6.08 Å². The molecule has 0 radical (unpaired) electrons. The molecule has 1 saturated heterocycles. The maximum absolute atomic E-state index is 11.4. The van der Waals surface area contributed by atoms with Gasteiger partial charge in [0.1, 0.15) is 0 Å². The number of nitrogens with zero attached hydrogens (tertiary/aromatic N) is 2. The molecule has 0 aliphatic carbocycles. The van der Waals surface area contributed by atoms with E-state index < -0.39 is 5.91 Å². The number of rotatable bonds is 8. The average Bonchev–Trinajstić information content (AvgIpc) is 3.23. The molecule has 1 aliphatic heterocycles. The highest BCUT2D eigenvalue weighted by molar-refractivity contribution is 5.90. The minimum Gasteiger partial charge on any atom is -0.370 e. The van der Waals surface area contributed by atoms with E-state index in [0.717, 1.165) is 25.2 Å². The van der Waals surface area contributed by atoms with E-state index in [0.29, 0.717) is 12.0 Å². The van der Waals surface area contributed by atoms with Gasteiger partial charge in [-0.25, -0.2) is 5.48 Å². The fraction of sp³-hybridized carbons (Fsp3) is 0.444. The van der Waals surface area contributed by atoms with Crippen LogP contribution in [0.2, 0.25) is 0 Å². The van der Waals surface area contributed by atoms with Crippen molar-refractivity contribution >= 4 is 17.7 Å². The topological polar surface area (TPSA) is 55.8 Å². The molecule has 1 heterocycles. The molecule has 1 fully saturated rings. The number of nitrogens with one attached hydrogen (secondary N) is 1. The summed E-state index contributed by atoms with van der Waals surface area (Å²) in [4.78, 5) is 16.3. The van der Waals surface area contributed by atoms with Gasteiger partial charge in [-0.15, -0.1) is 0 Å². The van der Waals surface area contributed by atoms with Crippen LogP contribution in [0, 0.1) is 0 Å². The summed E-state index contributed by atoms with van der Waals surface area (Å²) < 4.78 is 0. The molecule has 2 atom stereocenters. The molecule has 5 nitrogen and oxygen atoms in total. The van der Waals surface area contributed by atoms with Crippen molar-refractivity contribution in [1.29, 1.82) is 0 Å². The normalized spacial score (nSPS) is 17.0. The van der Waals surface area contributed by atoms with Gasteiger partial charge in [0.05, 0.1) is 0 Å². The van der Waals surface area contributed by atoms with Gasteiger partial charge in [-0.2, -0.15) is 0 Å². The standard InChI is InChI=1S/C25H33N3O2.C2H6/c1-19(17-28-15-7-8-20(28)2)23-16-21(12-14-25(29)26-30)11-13-24(23)27(3)18-22-9-5-4-6-10-22;1-2/h4-6,9-14,16,19-20,30H,7-8,15,17-18H2,1-3H3,(H,26,29);1-2H3/b14-12+;. The third kappa shape index (κ3) is 7.21. The molecule has 0 spiro atoms. The lowest BCUT2D eigenvalue weighted by Crippen LogP contribution is -2.31. The highest BCUT2D eigenvalue weighted by Crippen LogP contribution is 2.32. The van der Waals surface area contributed by atoms with Gasteiger partial charge in [0, 0.05) is 37.9 Å². The van der Waals surface area contributed by atoms with Gasteiger partial charge < -0.3 is 9.80 Å². The first-order chi connectivity index (χ1) is 15.5. The summed E-state index contributed by atoms with van der Waals surface area (Å²) in [6, 6.07) is 17.4. The van der Waals surface area contributed by atoms with Crippen LogP contribution in [0.3, 0.4) is 0 Å². The van der Waals surface area contributed by atoms with E-state index >= 15 is 0 Å². The predicted molar refractivity (Wildman–Crippen MR) is 134 cm³/mol. The van der Waals surface area contributed by atoms with Gasteiger partial charge in [0.25, 0.3) is 5.91 Å². The van der Waals surface area contributed by atoms with Crippen molar-refractivity contribution in [1.82, 2.24) is 10.4 Å². The summed E-state index contributed by atoms with van der Waals surface area (Å²) in [5.41, 5.74) is 6.35. The molecule has 5 heteroatoms. The molecular weight excluding hydrogens is 398 g/mol. The predicted octanol–water partition coefficient (Wildman–Crippen LogP) is 5.46. The Kier molecular flexibility index (Phi) is 10.4. The van der Waals surface area contributed by atoms with Crippen molar-refractivity contribution < 1.29 is 10.0 Å². The van der Waals surface area contributed by atoms with Crippen LogP contribution in [0.5, 0.6) is 0 Å². The number of hydrogen-bond acceptors (Lipinski definition) is 4. The molecule has 32 heavy (non-hydrogen) atoms. The van der Waals surface area contributed by atoms with Crippen LogP contribution in [0.1, 0.15) is 63.1 Å². The number of likely N-dealkylation sites (tertiary alicyclic amines) is 1. The first-order valence-electron chi connectivity index (χ1n) is 11.7. The summed E-state index contributed by atoms with van der Waals surface area (Å²) in [6.45, 7) is 11.6. The lowest BCUT2D eigenvalue weighted by atomic mass is 9.95. The lowest BCUT2D eigenvalue weighted by Gasteiger charge is -2.29. The monoisotopic (exact) mass is 437 g/mol. The number of amides is 1. The molecule has 1 aliphatic rings. The van der Waals surface area contributed by atoms with E-state index in [1.54, 1.807) is 11.6 Å². The van der Waals surface area contributed by atoms with Gasteiger partial charge in [-0.3, -0.25) is 10.0 Å². The Bertz CT molecular complexity index is 866. The number of benzene rings is 2. The number of carbonyl (C=O) groups is 1. The highest BCUT2D eigenvalue weighted by atomic mass is 16.5. The van der Waals surface area contributed by atoms with Crippen LogP contribution in [0.4, 0.5) is 5.69 Å². The maximum Gasteiger partial charge on any atom is 0.267 e. The molecule has 2 aromatic rings. The Morgan fingerprint density at radius 1 is 1.25 bits per heavy atom. The van der Waals surface area contributed by atoms with Gasteiger partial charge in [-0.05, 0) is 67.1 Å². The molecule has 3 rings (SSSR count). The van der Waals surface area contributed by atoms with Crippen molar-refractivity contribution in [3.8, 4) is 0 Å². The number of carbonyl (C=O) groups excluding carboxylic acids is 1. The molecule has 2 aromatic carbocycles. The molecule has 2 unspecified atom stereocenters. The Balaban J connectivity index is 0.00000176. The van der Waals surface area contributed by atoms with Crippen molar-refractivity contribution in [2.24, 2.45) is 0 Å². The second-order valence-corrected chi connectivity index (χ2v) is 8.36. The van der Waals surface area contributed by atoms with Crippen molar-refractivity contribution in [3.63, 3.8) is 0 Å². The quantitative estimate of drug-likeness (QED) is 0.327. The summed E-state index contributed by atoms with van der Waals surface area (Å²) in [5.74, 6) is -0.167. The highest BCUT2D eigenvalue weighted by Gasteiger charge is 2.24. The molecule has 174 valence electrons. The Hall–Kier alpha value is -2.63. The smallest absolute Gasteiger partial charge is 0.267 e. The number of hydroxylamine groups is 1. The molecular formula is C27H39N3O2. The van der Waals surface area contributed by atoms with Crippen LogP contribution >= 0.6 is 0 Å². The van der Waals surface area contributed by atoms with Crippen LogP contribution in [-0.4, -0.2) is 42.2 Å². The number of hydrogen-bond donors (Lipinski definition) is 2. The Morgan fingerprint density at radius 2 is 1.97 bits per heavy atom. The van der Waals surface area contributed by atoms with E-state index in [-0.39, 0.29) is 0 Å². The minimum absolute atomic E-state index is 0.360. The molecule has 0 saturated carbocycles. The zero-order valence-corrected chi connectivity index (χ0v) is 20.2. The fourth-order valence-electron chi connectivity index (χ4n) is 4.28. The summed E-state index contributed by atoms with van der Waals surface area (Å²) in [7, 11) is 2.13. The molecule has 0 aromatic heterocycles. The fourth-order valence-corrected chi connectivity index (χ4v) is 4.28.